The largest absolute Gasteiger partial charge is 0.481 e. The van der Waals surface area contributed by atoms with E-state index in [1.54, 1.807) is 11.8 Å². The van der Waals surface area contributed by atoms with E-state index in [2.05, 4.69) is 0 Å². The highest BCUT2D eigenvalue weighted by molar-refractivity contribution is 7.98. The smallest absolute Gasteiger partial charge is 0.407 e. The van der Waals surface area contributed by atoms with Crippen LogP contribution < -0.4 is 0 Å². The predicted molar refractivity (Wildman–Crippen MR) is 90.7 cm³/mol. The number of hydrogen-bond donors (Lipinski definition) is 2. The van der Waals surface area contributed by atoms with Gasteiger partial charge in [0.05, 0.1) is 5.92 Å². The van der Waals surface area contributed by atoms with Crippen LogP contribution in [0.15, 0.2) is 30.3 Å². The first-order chi connectivity index (χ1) is 11.1. The van der Waals surface area contributed by atoms with Crippen molar-refractivity contribution in [1.29, 1.82) is 0 Å². The molecule has 1 aromatic carbocycles. The number of thioether (sulfide) groups is 1. The Balaban J connectivity index is 1.76. The topological polar surface area (TPSA) is 77.8 Å². The van der Waals surface area contributed by atoms with Crippen molar-refractivity contribution in [3.63, 3.8) is 0 Å². The molecular formula is C17H23NO4S. The predicted octanol–water partition coefficient (Wildman–Crippen LogP) is 3.40. The van der Waals surface area contributed by atoms with Crippen molar-refractivity contribution in [2.45, 2.75) is 25.0 Å². The van der Waals surface area contributed by atoms with E-state index in [0.29, 0.717) is 31.2 Å². The lowest BCUT2D eigenvalue weighted by Crippen LogP contribution is -2.38. The average molecular weight is 337 g/mol. The van der Waals surface area contributed by atoms with Crippen LogP contribution in [0.2, 0.25) is 0 Å². The van der Waals surface area contributed by atoms with E-state index in [4.69, 9.17) is 5.11 Å². The number of nitrogens with zero attached hydrogens (tertiary/aromatic N) is 1. The zero-order valence-electron chi connectivity index (χ0n) is 13.1. The van der Waals surface area contributed by atoms with Gasteiger partial charge in [0.25, 0.3) is 0 Å². The lowest BCUT2D eigenvalue weighted by atomic mass is 9.88. The third-order valence-electron chi connectivity index (χ3n) is 4.28. The van der Waals surface area contributed by atoms with E-state index < -0.39 is 12.1 Å². The van der Waals surface area contributed by atoms with Gasteiger partial charge in [-0.15, -0.1) is 0 Å². The Morgan fingerprint density at radius 2 is 1.83 bits per heavy atom. The maximum Gasteiger partial charge on any atom is 0.407 e. The van der Waals surface area contributed by atoms with Crippen molar-refractivity contribution < 1.29 is 19.8 Å². The lowest BCUT2D eigenvalue weighted by molar-refractivity contribution is -0.141. The first-order valence-electron chi connectivity index (χ1n) is 7.88. The van der Waals surface area contributed by atoms with Gasteiger partial charge in [-0.1, -0.05) is 30.3 Å². The number of likely N-dealkylation sites (tertiary alicyclic amines) is 1. The standard InChI is InChI=1S/C17H23NO4S/c19-16(20)15(12-23-11-14-4-2-1-3-5-14)10-13-6-8-18(9-7-13)17(21)22/h1-5,13,15H,6-12H2,(H,19,20)(H,21,22). The SMILES string of the molecule is O=C(O)C(CSCc1ccccc1)CC1CCN(C(=O)O)CC1. The van der Waals surface area contributed by atoms with Gasteiger partial charge in [0.15, 0.2) is 0 Å². The molecule has 126 valence electrons. The highest BCUT2D eigenvalue weighted by Gasteiger charge is 2.27. The molecule has 1 aliphatic rings. The number of amides is 1. The van der Waals surface area contributed by atoms with Crippen LogP contribution in [0.5, 0.6) is 0 Å². The molecule has 1 heterocycles. The summed E-state index contributed by atoms with van der Waals surface area (Å²) in [5, 5.41) is 18.4. The molecule has 2 rings (SSSR count). The molecule has 23 heavy (non-hydrogen) atoms. The van der Waals surface area contributed by atoms with Gasteiger partial charge >= 0.3 is 12.1 Å². The molecule has 1 fully saturated rings. The molecule has 6 heteroatoms. The van der Waals surface area contributed by atoms with Crippen molar-refractivity contribution in [3.05, 3.63) is 35.9 Å². The molecule has 1 aliphatic heterocycles. The number of piperidine rings is 1. The third kappa shape index (κ3) is 5.78. The second kappa shape index (κ2) is 8.82. The summed E-state index contributed by atoms with van der Waals surface area (Å²) in [6.07, 6.45) is 1.29. The minimum Gasteiger partial charge on any atom is -0.481 e. The van der Waals surface area contributed by atoms with Crippen LogP contribution in [0, 0.1) is 11.8 Å². The summed E-state index contributed by atoms with van der Waals surface area (Å²) in [7, 11) is 0. The monoisotopic (exact) mass is 337 g/mol. The van der Waals surface area contributed by atoms with Crippen LogP contribution in [0.1, 0.15) is 24.8 Å². The number of benzene rings is 1. The Morgan fingerprint density at radius 1 is 1.17 bits per heavy atom. The van der Waals surface area contributed by atoms with Crippen LogP contribution in [0.25, 0.3) is 0 Å². The Hall–Kier alpha value is -1.69. The van der Waals surface area contributed by atoms with Crippen LogP contribution in [-0.2, 0) is 10.5 Å². The Kier molecular flexibility index (Phi) is 6.77. The van der Waals surface area contributed by atoms with Gasteiger partial charge in [-0.25, -0.2) is 4.79 Å². The number of carboxylic acid groups (broad SMARTS) is 2. The molecular weight excluding hydrogens is 314 g/mol. The van der Waals surface area contributed by atoms with Crippen LogP contribution in [0.3, 0.4) is 0 Å². The number of carbonyl (C=O) groups is 2. The van der Waals surface area contributed by atoms with E-state index >= 15 is 0 Å². The van der Waals surface area contributed by atoms with Crippen LogP contribution in [0.4, 0.5) is 4.79 Å². The van der Waals surface area contributed by atoms with Crippen molar-refractivity contribution in [1.82, 2.24) is 4.90 Å². The van der Waals surface area contributed by atoms with E-state index in [1.807, 2.05) is 30.3 Å². The maximum absolute atomic E-state index is 11.5. The number of carboxylic acids is 1. The minimum atomic E-state index is -0.878. The highest BCUT2D eigenvalue weighted by atomic mass is 32.2. The molecule has 0 spiro atoms. The summed E-state index contributed by atoms with van der Waals surface area (Å²) in [4.78, 5) is 23.8. The van der Waals surface area contributed by atoms with Crippen molar-refractivity contribution in [2.24, 2.45) is 11.8 Å². The molecule has 1 saturated heterocycles. The fourth-order valence-corrected chi connectivity index (χ4v) is 4.00. The lowest BCUT2D eigenvalue weighted by Gasteiger charge is -2.31. The molecule has 1 unspecified atom stereocenters. The van der Waals surface area contributed by atoms with Gasteiger partial charge in [-0.3, -0.25) is 4.79 Å². The molecule has 0 aromatic heterocycles. The second-order valence-corrected chi connectivity index (χ2v) is 7.01. The summed E-state index contributed by atoms with van der Waals surface area (Å²) in [5.41, 5.74) is 1.21. The highest BCUT2D eigenvalue weighted by Crippen LogP contribution is 2.27. The first kappa shape index (κ1) is 17.7. The number of rotatable bonds is 7. The number of aliphatic carboxylic acids is 1. The molecule has 1 atom stereocenters. The van der Waals surface area contributed by atoms with Gasteiger partial charge < -0.3 is 15.1 Å². The molecule has 1 aromatic rings. The second-order valence-electron chi connectivity index (χ2n) is 5.98. The zero-order chi connectivity index (χ0) is 16.7. The fourth-order valence-electron chi connectivity index (χ4n) is 2.90. The van der Waals surface area contributed by atoms with Gasteiger partial charge in [0.2, 0.25) is 0 Å². The van der Waals surface area contributed by atoms with Crippen LogP contribution in [-0.4, -0.2) is 46.0 Å². The Bertz CT molecular complexity index is 515. The molecule has 5 nitrogen and oxygen atoms in total. The van der Waals surface area contributed by atoms with Crippen molar-refractivity contribution in [2.75, 3.05) is 18.8 Å². The van der Waals surface area contributed by atoms with Gasteiger partial charge in [-0.05, 0) is 30.7 Å². The summed E-state index contributed by atoms with van der Waals surface area (Å²) in [6, 6.07) is 10.0. The van der Waals surface area contributed by atoms with E-state index in [-0.39, 0.29) is 5.92 Å². The Morgan fingerprint density at radius 3 is 2.39 bits per heavy atom. The van der Waals surface area contributed by atoms with Crippen molar-refractivity contribution >= 4 is 23.8 Å². The molecule has 0 radical (unpaired) electrons. The summed E-state index contributed by atoms with van der Waals surface area (Å²) >= 11 is 1.65. The average Bonchev–Trinajstić information content (AvgIpc) is 2.55. The number of hydrogen-bond acceptors (Lipinski definition) is 3. The third-order valence-corrected chi connectivity index (χ3v) is 5.46. The molecule has 2 N–H and O–H groups in total. The molecule has 0 bridgehead atoms. The van der Waals surface area contributed by atoms with E-state index in [0.717, 1.165) is 18.6 Å². The van der Waals surface area contributed by atoms with Gasteiger partial charge in [0, 0.05) is 24.6 Å². The van der Waals surface area contributed by atoms with E-state index in [9.17, 15) is 14.7 Å². The minimum absolute atomic E-state index is 0.309. The molecule has 1 amide bonds. The van der Waals surface area contributed by atoms with Crippen molar-refractivity contribution in [3.8, 4) is 0 Å². The van der Waals surface area contributed by atoms with E-state index in [1.165, 1.54) is 10.5 Å². The first-order valence-corrected chi connectivity index (χ1v) is 9.04. The zero-order valence-corrected chi connectivity index (χ0v) is 13.9. The summed E-state index contributed by atoms with van der Waals surface area (Å²) < 4.78 is 0. The summed E-state index contributed by atoms with van der Waals surface area (Å²) in [6.45, 7) is 1.03. The Labute approximate surface area is 140 Å². The molecule has 0 saturated carbocycles. The van der Waals surface area contributed by atoms with Gasteiger partial charge in [-0.2, -0.15) is 11.8 Å². The summed E-state index contributed by atoms with van der Waals surface area (Å²) in [5.74, 6) is 0.631. The quantitative estimate of drug-likeness (QED) is 0.797. The maximum atomic E-state index is 11.5. The fraction of sp³-hybridized carbons (Fsp3) is 0.529. The normalized spacial score (nSPS) is 17.0. The molecule has 0 aliphatic carbocycles. The van der Waals surface area contributed by atoms with Gasteiger partial charge in [0.1, 0.15) is 0 Å². The van der Waals surface area contributed by atoms with Crippen LogP contribution >= 0.6 is 11.8 Å².